The van der Waals surface area contributed by atoms with Crippen LogP contribution < -0.4 is 10.1 Å². The number of carbonyl (C=O) groups excluding carboxylic acids is 2. The first-order chi connectivity index (χ1) is 12.5. The molecule has 1 N–H and O–H groups in total. The quantitative estimate of drug-likeness (QED) is 0.788. The molecule has 2 rings (SSSR count). The maximum absolute atomic E-state index is 12.9. The van der Waals surface area contributed by atoms with E-state index in [2.05, 4.69) is 5.32 Å². The molecule has 0 unspecified atom stereocenters. The summed E-state index contributed by atoms with van der Waals surface area (Å²) in [5.41, 5.74) is 1.59. The van der Waals surface area contributed by atoms with Crippen LogP contribution in [0.1, 0.15) is 18.9 Å². The molecule has 0 aliphatic carbocycles. The fourth-order valence-corrected chi connectivity index (χ4v) is 2.50. The average molecular weight is 358 g/mol. The summed E-state index contributed by atoms with van der Waals surface area (Å²) in [5, 5.41) is 2.79. The maximum Gasteiger partial charge on any atom is 0.226 e. The van der Waals surface area contributed by atoms with Gasteiger partial charge in [0.1, 0.15) is 11.6 Å². The smallest absolute Gasteiger partial charge is 0.226 e. The number of nitrogens with one attached hydrogen (secondary N) is 1. The molecule has 0 saturated heterocycles. The number of amides is 2. The Morgan fingerprint density at radius 1 is 1.12 bits per heavy atom. The third-order valence-electron chi connectivity index (χ3n) is 3.99. The number of ether oxygens (including phenoxy) is 1. The predicted molar refractivity (Wildman–Crippen MR) is 98.6 cm³/mol. The van der Waals surface area contributed by atoms with Crippen LogP contribution in [0.25, 0.3) is 0 Å². The number of halogens is 1. The van der Waals surface area contributed by atoms with Crippen LogP contribution in [0.3, 0.4) is 0 Å². The number of rotatable bonds is 8. The van der Waals surface area contributed by atoms with Crippen LogP contribution in [0.15, 0.2) is 48.5 Å². The van der Waals surface area contributed by atoms with Crippen molar-refractivity contribution in [3.63, 3.8) is 0 Å². The maximum atomic E-state index is 12.9. The number of nitrogens with zero attached hydrogens (tertiary/aromatic N) is 1. The van der Waals surface area contributed by atoms with E-state index in [4.69, 9.17) is 4.74 Å². The predicted octanol–water partition coefficient (Wildman–Crippen LogP) is 3.25. The Labute approximate surface area is 152 Å². The summed E-state index contributed by atoms with van der Waals surface area (Å²) < 4.78 is 18.1. The van der Waals surface area contributed by atoms with Crippen molar-refractivity contribution < 1.29 is 18.7 Å². The zero-order valence-electron chi connectivity index (χ0n) is 15.0. The Kier molecular flexibility index (Phi) is 7.14. The summed E-state index contributed by atoms with van der Waals surface area (Å²) in [6.45, 7) is 2.28. The summed E-state index contributed by atoms with van der Waals surface area (Å²) in [5.74, 6) is 0.103. The van der Waals surface area contributed by atoms with Crippen molar-refractivity contribution >= 4 is 17.5 Å². The van der Waals surface area contributed by atoms with E-state index in [1.54, 1.807) is 48.4 Å². The number of hydrogen-bond donors (Lipinski definition) is 1. The summed E-state index contributed by atoms with van der Waals surface area (Å²) in [7, 11) is 1.56. The van der Waals surface area contributed by atoms with Crippen molar-refractivity contribution in [2.75, 3.05) is 25.5 Å². The van der Waals surface area contributed by atoms with Crippen molar-refractivity contribution in [1.29, 1.82) is 0 Å². The van der Waals surface area contributed by atoms with Crippen LogP contribution in [0.5, 0.6) is 5.75 Å². The molecule has 26 heavy (non-hydrogen) atoms. The molecule has 0 aromatic heterocycles. The van der Waals surface area contributed by atoms with Gasteiger partial charge in [0.25, 0.3) is 0 Å². The molecular weight excluding hydrogens is 335 g/mol. The molecule has 0 atom stereocenters. The summed E-state index contributed by atoms with van der Waals surface area (Å²) in [6.07, 6.45) is 0.803. The fraction of sp³-hybridized carbons (Fsp3) is 0.300. The molecule has 0 radical (unpaired) electrons. The van der Waals surface area contributed by atoms with Crippen LogP contribution in [0, 0.1) is 5.82 Å². The van der Waals surface area contributed by atoms with Gasteiger partial charge in [0.15, 0.2) is 0 Å². The van der Waals surface area contributed by atoms with Gasteiger partial charge in [0.05, 0.1) is 7.11 Å². The lowest BCUT2D eigenvalue weighted by Crippen LogP contribution is -2.33. The van der Waals surface area contributed by atoms with E-state index in [-0.39, 0.29) is 24.1 Å². The standard InChI is InChI=1S/C20H23FN2O3/c1-15(24)23(12-10-16-6-8-17(21)9-7-16)13-11-20(25)22-18-4-3-5-19(14-18)26-2/h3-9,14H,10-13H2,1-2H3,(H,22,25). The minimum Gasteiger partial charge on any atom is -0.497 e. The molecule has 6 heteroatoms. The largest absolute Gasteiger partial charge is 0.497 e. The number of anilines is 1. The van der Waals surface area contributed by atoms with Gasteiger partial charge < -0.3 is 15.0 Å². The average Bonchev–Trinajstić information content (AvgIpc) is 2.63. The van der Waals surface area contributed by atoms with Gasteiger partial charge in [-0.05, 0) is 36.2 Å². The molecule has 138 valence electrons. The zero-order chi connectivity index (χ0) is 18.9. The van der Waals surface area contributed by atoms with Gasteiger partial charge in [-0.2, -0.15) is 0 Å². The molecule has 0 aliphatic heterocycles. The van der Waals surface area contributed by atoms with Gasteiger partial charge in [-0.15, -0.1) is 0 Å². The van der Waals surface area contributed by atoms with Gasteiger partial charge in [0, 0.05) is 38.2 Å². The molecule has 2 aromatic carbocycles. The number of hydrogen-bond acceptors (Lipinski definition) is 3. The number of benzene rings is 2. The second kappa shape index (κ2) is 9.56. The molecule has 0 aliphatic rings. The van der Waals surface area contributed by atoms with Gasteiger partial charge in [-0.3, -0.25) is 9.59 Å². The molecule has 0 spiro atoms. The first-order valence-electron chi connectivity index (χ1n) is 8.42. The number of methoxy groups -OCH3 is 1. The Hall–Kier alpha value is -2.89. The first kappa shape index (κ1) is 19.4. The van der Waals surface area contributed by atoms with Crippen LogP contribution in [0.2, 0.25) is 0 Å². The minimum atomic E-state index is -0.286. The summed E-state index contributed by atoms with van der Waals surface area (Å²) >= 11 is 0. The third-order valence-corrected chi connectivity index (χ3v) is 3.99. The molecular formula is C20H23FN2O3. The van der Waals surface area contributed by atoms with Crippen molar-refractivity contribution in [3.05, 3.63) is 59.9 Å². The number of carbonyl (C=O) groups is 2. The van der Waals surface area contributed by atoms with Crippen molar-refractivity contribution in [1.82, 2.24) is 4.90 Å². The van der Waals surface area contributed by atoms with Crippen molar-refractivity contribution in [2.24, 2.45) is 0 Å². The Morgan fingerprint density at radius 2 is 1.85 bits per heavy atom. The van der Waals surface area contributed by atoms with Crippen molar-refractivity contribution in [2.45, 2.75) is 19.8 Å². The lowest BCUT2D eigenvalue weighted by Gasteiger charge is -2.21. The van der Waals surface area contributed by atoms with E-state index in [1.165, 1.54) is 19.1 Å². The fourth-order valence-electron chi connectivity index (χ4n) is 2.50. The van der Waals surface area contributed by atoms with Crippen LogP contribution in [-0.2, 0) is 16.0 Å². The Balaban J connectivity index is 1.84. The molecule has 5 nitrogen and oxygen atoms in total. The Morgan fingerprint density at radius 3 is 2.50 bits per heavy atom. The lowest BCUT2D eigenvalue weighted by atomic mass is 10.1. The van der Waals surface area contributed by atoms with E-state index in [1.807, 2.05) is 0 Å². The highest BCUT2D eigenvalue weighted by molar-refractivity contribution is 5.91. The van der Waals surface area contributed by atoms with Gasteiger partial charge in [-0.1, -0.05) is 18.2 Å². The van der Waals surface area contributed by atoms with Gasteiger partial charge in [0.2, 0.25) is 11.8 Å². The third kappa shape index (κ3) is 6.20. The normalized spacial score (nSPS) is 10.3. The SMILES string of the molecule is COc1cccc(NC(=O)CCN(CCc2ccc(F)cc2)C(C)=O)c1. The topological polar surface area (TPSA) is 58.6 Å². The van der Waals surface area contributed by atoms with E-state index in [9.17, 15) is 14.0 Å². The molecule has 2 amide bonds. The first-order valence-corrected chi connectivity index (χ1v) is 8.42. The van der Waals surface area contributed by atoms with Crippen LogP contribution >= 0.6 is 0 Å². The monoisotopic (exact) mass is 358 g/mol. The molecule has 0 bridgehead atoms. The second-order valence-electron chi connectivity index (χ2n) is 5.91. The molecule has 2 aromatic rings. The minimum absolute atomic E-state index is 0.0960. The summed E-state index contributed by atoms with van der Waals surface area (Å²) in [4.78, 5) is 25.5. The second-order valence-corrected chi connectivity index (χ2v) is 5.91. The molecule has 0 fully saturated rings. The molecule has 0 saturated carbocycles. The highest BCUT2D eigenvalue weighted by atomic mass is 19.1. The van der Waals surface area contributed by atoms with Crippen LogP contribution in [-0.4, -0.2) is 36.9 Å². The van der Waals surface area contributed by atoms with E-state index >= 15 is 0 Å². The van der Waals surface area contributed by atoms with Crippen molar-refractivity contribution in [3.8, 4) is 5.75 Å². The lowest BCUT2D eigenvalue weighted by molar-refractivity contribution is -0.129. The van der Waals surface area contributed by atoms with Gasteiger partial charge >= 0.3 is 0 Å². The van der Waals surface area contributed by atoms with E-state index in [0.29, 0.717) is 30.9 Å². The summed E-state index contributed by atoms with van der Waals surface area (Å²) in [6, 6.07) is 13.3. The van der Waals surface area contributed by atoms with Gasteiger partial charge in [-0.25, -0.2) is 4.39 Å². The van der Waals surface area contributed by atoms with E-state index in [0.717, 1.165) is 5.56 Å². The zero-order valence-corrected chi connectivity index (χ0v) is 15.0. The highest BCUT2D eigenvalue weighted by Crippen LogP contribution is 2.16. The highest BCUT2D eigenvalue weighted by Gasteiger charge is 2.12. The molecule has 0 heterocycles. The Bertz CT molecular complexity index is 747. The van der Waals surface area contributed by atoms with E-state index < -0.39 is 0 Å². The van der Waals surface area contributed by atoms with Crippen LogP contribution in [0.4, 0.5) is 10.1 Å².